The molecule has 0 radical (unpaired) electrons. The van der Waals surface area contributed by atoms with Gasteiger partial charge in [-0.1, -0.05) is 17.7 Å². The Morgan fingerprint density at radius 3 is 2.78 bits per heavy atom. The van der Waals surface area contributed by atoms with Crippen LogP contribution < -0.4 is 10.6 Å². The van der Waals surface area contributed by atoms with E-state index in [9.17, 15) is 14.4 Å². The lowest BCUT2D eigenvalue weighted by atomic mass is 9.96. The topological polar surface area (TPSA) is 78.5 Å². The summed E-state index contributed by atoms with van der Waals surface area (Å²) in [5.74, 6) is -0.593. The van der Waals surface area contributed by atoms with E-state index < -0.39 is 17.5 Å². The largest absolute Gasteiger partial charge is 0.325 e. The molecule has 3 rings (SSSR count). The Bertz CT molecular complexity index is 702. The minimum atomic E-state index is -0.872. The highest BCUT2D eigenvalue weighted by atomic mass is 35.5. The fraction of sp³-hybridized carbons (Fsp3) is 0.438. The van der Waals surface area contributed by atoms with Gasteiger partial charge in [-0.2, -0.15) is 0 Å². The predicted octanol–water partition coefficient (Wildman–Crippen LogP) is 2.31. The molecule has 6 nitrogen and oxygen atoms in total. The summed E-state index contributed by atoms with van der Waals surface area (Å²) in [4.78, 5) is 37.7. The lowest BCUT2D eigenvalue weighted by Gasteiger charge is -2.20. The smallest absolute Gasteiger partial charge is 0.324 e. The third-order valence-corrected chi connectivity index (χ3v) is 4.95. The Labute approximate surface area is 139 Å². The van der Waals surface area contributed by atoms with Crippen LogP contribution in [0.1, 0.15) is 25.3 Å². The van der Waals surface area contributed by atoms with Crippen molar-refractivity contribution in [2.24, 2.45) is 5.92 Å². The van der Waals surface area contributed by atoms with Crippen molar-refractivity contribution < 1.29 is 14.4 Å². The molecule has 1 saturated carbocycles. The van der Waals surface area contributed by atoms with Gasteiger partial charge in [0.2, 0.25) is 5.91 Å². The van der Waals surface area contributed by atoms with Gasteiger partial charge in [-0.3, -0.25) is 14.5 Å². The lowest BCUT2D eigenvalue weighted by Crippen LogP contribution is -2.46. The molecule has 23 heavy (non-hydrogen) atoms. The Morgan fingerprint density at radius 2 is 2.13 bits per heavy atom. The molecular formula is C16H18ClN3O3. The molecule has 1 atom stereocenters. The Morgan fingerprint density at radius 1 is 1.43 bits per heavy atom. The maximum Gasteiger partial charge on any atom is 0.325 e. The van der Waals surface area contributed by atoms with E-state index in [1.54, 1.807) is 32.0 Å². The maximum absolute atomic E-state index is 12.5. The fourth-order valence-electron chi connectivity index (χ4n) is 2.87. The summed E-state index contributed by atoms with van der Waals surface area (Å²) in [6, 6.07) is 4.66. The van der Waals surface area contributed by atoms with Crippen molar-refractivity contribution in [3.8, 4) is 0 Å². The van der Waals surface area contributed by atoms with E-state index in [1.807, 2.05) is 0 Å². The van der Waals surface area contributed by atoms with E-state index in [4.69, 9.17) is 11.6 Å². The van der Waals surface area contributed by atoms with Crippen molar-refractivity contribution in [1.29, 1.82) is 0 Å². The molecule has 2 fully saturated rings. The van der Waals surface area contributed by atoms with E-state index in [0.717, 1.165) is 23.3 Å². The van der Waals surface area contributed by atoms with Crippen LogP contribution in [0.2, 0.25) is 5.02 Å². The fourth-order valence-corrected chi connectivity index (χ4v) is 3.05. The number of urea groups is 1. The first kappa shape index (κ1) is 15.8. The molecule has 0 unspecified atom stereocenters. The van der Waals surface area contributed by atoms with Crippen LogP contribution in [0.3, 0.4) is 0 Å². The maximum atomic E-state index is 12.5. The zero-order valence-corrected chi connectivity index (χ0v) is 13.7. The van der Waals surface area contributed by atoms with Crippen LogP contribution in [-0.2, 0) is 9.59 Å². The van der Waals surface area contributed by atoms with E-state index in [1.165, 1.54) is 0 Å². The van der Waals surface area contributed by atoms with E-state index in [2.05, 4.69) is 10.6 Å². The molecule has 0 spiro atoms. The van der Waals surface area contributed by atoms with E-state index >= 15 is 0 Å². The molecule has 2 N–H and O–H groups in total. The van der Waals surface area contributed by atoms with Crippen molar-refractivity contribution in [3.05, 3.63) is 28.8 Å². The van der Waals surface area contributed by atoms with E-state index in [-0.39, 0.29) is 18.4 Å². The summed E-state index contributed by atoms with van der Waals surface area (Å²) < 4.78 is 0. The minimum Gasteiger partial charge on any atom is -0.324 e. The number of anilines is 1. The molecule has 0 bridgehead atoms. The van der Waals surface area contributed by atoms with Crippen LogP contribution >= 0.6 is 11.6 Å². The van der Waals surface area contributed by atoms with Crippen LogP contribution in [0.15, 0.2) is 18.2 Å². The lowest BCUT2D eigenvalue weighted by molar-refractivity contribution is -0.134. The molecule has 122 valence electrons. The number of rotatable bonds is 4. The molecule has 0 aromatic heterocycles. The van der Waals surface area contributed by atoms with Crippen molar-refractivity contribution >= 4 is 35.1 Å². The van der Waals surface area contributed by atoms with Crippen molar-refractivity contribution in [2.75, 3.05) is 11.9 Å². The van der Waals surface area contributed by atoms with Gasteiger partial charge in [-0.15, -0.1) is 0 Å². The molecule has 1 aliphatic carbocycles. The molecule has 1 saturated heterocycles. The Balaban J connectivity index is 1.69. The molecule has 4 amide bonds. The number of nitrogens with one attached hydrogen (secondary N) is 2. The normalized spacial score (nSPS) is 23.9. The summed E-state index contributed by atoms with van der Waals surface area (Å²) in [7, 11) is 0. The molecule has 1 heterocycles. The summed E-state index contributed by atoms with van der Waals surface area (Å²) in [5, 5.41) is 5.95. The number of benzene rings is 1. The van der Waals surface area contributed by atoms with Gasteiger partial charge in [0.25, 0.3) is 5.91 Å². The molecule has 1 aliphatic heterocycles. The Hall–Kier alpha value is -2.08. The highest BCUT2D eigenvalue weighted by Gasteiger charge is 2.56. The van der Waals surface area contributed by atoms with Crippen molar-refractivity contribution in [3.63, 3.8) is 0 Å². The second-order valence-electron chi connectivity index (χ2n) is 6.26. The highest BCUT2D eigenvalue weighted by Crippen LogP contribution is 2.42. The van der Waals surface area contributed by atoms with Gasteiger partial charge in [0, 0.05) is 10.7 Å². The SMILES string of the molecule is Cc1c(Cl)cccc1NC(=O)CN1C(=O)N[C@@](C)(C2CC2)C1=O. The van der Waals surface area contributed by atoms with Crippen molar-refractivity contribution in [1.82, 2.24) is 10.2 Å². The van der Waals surface area contributed by atoms with Gasteiger partial charge in [-0.05, 0) is 50.3 Å². The van der Waals surface area contributed by atoms with Crippen LogP contribution in [0.4, 0.5) is 10.5 Å². The molecule has 7 heteroatoms. The molecule has 2 aliphatic rings. The van der Waals surface area contributed by atoms with Gasteiger partial charge in [-0.25, -0.2) is 4.79 Å². The van der Waals surface area contributed by atoms with Crippen LogP contribution in [0, 0.1) is 12.8 Å². The van der Waals surface area contributed by atoms with E-state index in [0.29, 0.717) is 10.7 Å². The first-order chi connectivity index (χ1) is 10.8. The second-order valence-corrected chi connectivity index (χ2v) is 6.67. The number of nitrogens with zero attached hydrogens (tertiary/aromatic N) is 1. The van der Waals surface area contributed by atoms with Crippen molar-refractivity contribution in [2.45, 2.75) is 32.2 Å². The number of halogens is 1. The standard InChI is InChI=1S/C16H18ClN3O3/c1-9-11(17)4-3-5-12(9)18-13(21)8-20-14(22)16(2,10-6-7-10)19-15(20)23/h3-5,10H,6-8H2,1-2H3,(H,18,21)(H,19,23)/t16-/m0/s1. The van der Waals surface area contributed by atoms with Gasteiger partial charge in [0.1, 0.15) is 12.1 Å². The van der Waals surface area contributed by atoms with Gasteiger partial charge < -0.3 is 10.6 Å². The average Bonchev–Trinajstić information content (AvgIpc) is 3.30. The number of carbonyl (C=O) groups excluding carboxylic acids is 3. The number of imide groups is 1. The predicted molar refractivity (Wildman–Crippen MR) is 86.2 cm³/mol. The highest BCUT2D eigenvalue weighted by molar-refractivity contribution is 6.31. The number of carbonyl (C=O) groups is 3. The summed E-state index contributed by atoms with van der Waals surface area (Å²) in [6.45, 7) is 3.21. The third kappa shape index (κ3) is 2.79. The third-order valence-electron chi connectivity index (χ3n) is 4.54. The molecule has 1 aromatic rings. The second kappa shape index (κ2) is 5.53. The quantitative estimate of drug-likeness (QED) is 0.829. The number of hydrogen-bond donors (Lipinski definition) is 2. The van der Waals surface area contributed by atoms with Gasteiger partial charge in [0.05, 0.1) is 0 Å². The molecule has 1 aromatic carbocycles. The zero-order valence-electron chi connectivity index (χ0n) is 13.0. The average molecular weight is 336 g/mol. The monoisotopic (exact) mass is 335 g/mol. The minimum absolute atomic E-state index is 0.169. The zero-order chi connectivity index (χ0) is 16.8. The summed E-state index contributed by atoms with van der Waals surface area (Å²) >= 11 is 6.01. The van der Waals surface area contributed by atoms with Gasteiger partial charge in [0.15, 0.2) is 0 Å². The van der Waals surface area contributed by atoms with Crippen LogP contribution in [0.5, 0.6) is 0 Å². The number of hydrogen-bond acceptors (Lipinski definition) is 3. The molecular weight excluding hydrogens is 318 g/mol. The van der Waals surface area contributed by atoms with Crippen LogP contribution in [0.25, 0.3) is 0 Å². The first-order valence-corrected chi connectivity index (χ1v) is 7.90. The number of amides is 4. The summed E-state index contributed by atoms with van der Waals surface area (Å²) in [6.07, 6.45) is 1.84. The summed E-state index contributed by atoms with van der Waals surface area (Å²) in [5.41, 5.74) is 0.436. The van der Waals surface area contributed by atoms with Crippen LogP contribution in [-0.4, -0.2) is 34.8 Å². The first-order valence-electron chi connectivity index (χ1n) is 7.52. The Kier molecular flexibility index (Phi) is 3.80. The van der Waals surface area contributed by atoms with Gasteiger partial charge >= 0.3 is 6.03 Å².